The lowest BCUT2D eigenvalue weighted by Gasteiger charge is -2.13. The number of fused-ring (bicyclic) bond motifs is 1. The highest BCUT2D eigenvalue weighted by Gasteiger charge is 2.17. The Balaban J connectivity index is 1.87. The first-order valence-corrected chi connectivity index (χ1v) is 7.34. The van der Waals surface area contributed by atoms with Crippen molar-refractivity contribution in [3.8, 4) is 0 Å². The molecule has 2 aromatic heterocycles. The van der Waals surface area contributed by atoms with Crippen LogP contribution in [-0.4, -0.2) is 20.5 Å². The maximum absolute atomic E-state index is 13.0. The van der Waals surface area contributed by atoms with Crippen LogP contribution in [0.5, 0.6) is 0 Å². The van der Waals surface area contributed by atoms with Gasteiger partial charge in [0.15, 0.2) is 5.65 Å². The number of nitrogens with zero attached hydrogens (tertiary/aromatic N) is 3. The second-order valence-electron chi connectivity index (χ2n) is 5.58. The zero-order chi connectivity index (χ0) is 16.6. The molecule has 0 bridgehead atoms. The van der Waals surface area contributed by atoms with Crippen molar-refractivity contribution < 1.29 is 9.18 Å². The molecule has 0 unspecified atom stereocenters. The Morgan fingerprint density at radius 2 is 1.96 bits per heavy atom. The minimum atomic E-state index is -0.301. The molecule has 6 heteroatoms. The quantitative estimate of drug-likeness (QED) is 0.809. The van der Waals surface area contributed by atoms with Crippen molar-refractivity contribution in [2.45, 2.75) is 26.8 Å². The standard InChI is InChI=1S/C17H17FN4O/c1-10-8-11(2)22-16(20-10)15(9-19-22)17(23)21-12(3)13-4-6-14(18)7-5-13/h4-9,12H,1-3H3,(H,21,23)/t12-/m1/s1. The molecule has 0 aliphatic carbocycles. The number of nitrogens with one attached hydrogen (secondary N) is 1. The molecule has 0 radical (unpaired) electrons. The molecule has 5 nitrogen and oxygen atoms in total. The third kappa shape index (κ3) is 2.92. The van der Waals surface area contributed by atoms with Crippen LogP contribution < -0.4 is 5.32 Å². The summed E-state index contributed by atoms with van der Waals surface area (Å²) in [4.78, 5) is 16.9. The highest BCUT2D eigenvalue weighted by Crippen LogP contribution is 2.16. The van der Waals surface area contributed by atoms with E-state index in [0.717, 1.165) is 17.0 Å². The number of hydrogen-bond acceptors (Lipinski definition) is 3. The van der Waals surface area contributed by atoms with E-state index in [4.69, 9.17) is 0 Å². The first kappa shape index (κ1) is 15.1. The molecule has 1 aromatic carbocycles. The van der Waals surface area contributed by atoms with Crippen molar-refractivity contribution in [1.82, 2.24) is 19.9 Å². The van der Waals surface area contributed by atoms with Crippen LogP contribution in [0.1, 0.15) is 40.3 Å². The second kappa shape index (κ2) is 5.79. The van der Waals surface area contributed by atoms with Gasteiger partial charge in [-0.3, -0.25) is 4.79 Å². The van der Waals surface area contributed by atoms with E-state index < -0.39 is 0 Å². The topological polar surface area (TPSA) is 59.3 Å². The van der Waals surface area contributed by atoms with Crippen LogP contribution in [0.4, 0.5) is 4.39 Å². The molecule has 0 aliphatic heterocycles. The van der Waals surface area contributed by atoms with E-state index in [0.29, 0.717) is 11.2 Å². The third-order valence-corrected chi connectivity index (χ3v) is 3.74. The molecule has 0 saturated heterocycles. The molecule has 0 aliphatic rings. The van der Waals surface area contributed by atoms with Crippen LogP contribution in [0.25, 0.3) is 5.65 Å². The van der Waals surface area contributed by atoms with Gasteiger partial charge in [-0.25, -0.2) is 13.9 Å². The molecule has 0 fully saturated rings. The molecular formula is C17H17FN4O. The molecule has 0 saturated carbocycles. The molecule has 3 rings (SSSR count). The lowest BCUT2D eigenvalue weighted by Crippen LogP contribution is -2.26. The fourth-order valence-electron chi connectivity index (χ4n) is 2.54. The molecule has 2 heterocycles. The van der Waals surface area contributed by atoms with Crippen LogP contribution in [-0.2, 0) is 0 Å². The number of aromatic nitrogens is 3. The number of rotatable bonds is 3. The Morgan fingerprint density at radius 1 is 1.26 bits per heavy atom. The molecule has 1 amide bonds. The van der Waals surface area contributed by atoms with Crippen LogP contribution >= 0.6 is 0 Å². The second-order valence-corrected chi connectivity index (χ2v) is 5.58. The maximum atomic E-state index is 13.0. The van der Waals surface area contributed by atoms with Crippen LogP contribution in [0.3, 0.4) is 0 Å². The van der Waals surface area contributed by atoms with Crippen molar-refractivity contribution >= 4 is 11.6 Å². The van der Waals surface area contributed by atoms with Gasteiger partial charge in [0, 0.05) is 11.4 Å². The van der Waals surface area contributed by atoms with E-state index in [1.165, 1.54) is 18.3 Å². The molecule has 118 valence electrons. The Kier molecular flexibility index (Phi) is 3.82. The predicted molar refractivity (Wildman–Crippen MR) is 84.7 cm³/mol. The summed E-state index contributed by atoms with van der Waals surface area (Å²) in [6.07, 6.45) is 1.52. The van der Waals surface area contributed by atoms with E-state index >= 15 is 0 Å². The van der Waals surface area contributed by atoms with Gasteiger partial charge in [0.2, 0.25) is 0 Å². The minimum Gasteiger partial charge on any atom is -0.345 e. The molecule has 1 N–H and O–H groups in total. The zero-order valence-corrected chi connectivity index (χ0v) is 13.2. The van der Waals surface area contributed by atoms with Crippen LogP contribution in [0, 0.1) is 19.7 Å². The SMILES string of the molecule is Cc1cc(C)n2ncc(C(=O)N[C@H](C)c3ccc(F)cc3)c2n1. The Hall–Kier alpha value is -2.76. The van der Waals surface area contributed by atoms with Gasteiger partial charge in [-0.05, 0) is 44.5 Å². The number of halogens is 1. The van der Waals surface area contributed by atoms with Gasteiger partial charge in [0.25, 0.3) is 5.91 Å². The van der Waals surface area contributed by atoms with Gasteiger partial charge in [-0.15, -0.1) is 0 Å². The first-order chi connectivity index (χ1) is 11.0. The third-order valence-electron chi connectivity index (χ3n) is 3.74. The predicted octanol–water partition coefficient (Wildman–Crippen LogP) is 2.98. The number of hydrogen-bond donors (Lipinski definition) is 1. The molecule has 23 heavy (non-hydrogen) atoms. The fraction of sp³-hybridized carbons (Fsp3) is 0.235. The summed E-state index contributed by atoms with van der Waals surface area (Å²) in [6, 6.07) is 7.72. The van der Waals surface area contributed by atoms with Crippen molar-refractivity contribution in [2.75, 3.05) is 0 Å². The van der Waals surface area contributed by atoms with Crippen LogP contribution in [0.15, 0.2) is 36.5 Å². The van der Waals surface area contributed by atoms with Gasteiger partial charge in [-0.1, -0.05) is 12.1 Å². The molecule has 1 atom stereocenters. The first-order valence-electron chi connectivity index (χ1n) is 7.34. The Labute approximate surface area is 133 Å². The smallest absolute Gasteiger partial charge is 0.257 e. The average Bonchev–Trinajstić information content (AvgIpc) is 2.91. The lowest BCUT2D eigenvalue weighted by molar-refractivity contribution is 0.0941. The van der Waals surface area contributed by atoms with E-state index in [2.05, 4.69) is 15.4 Å². The molecule has 0 spiro atoms. The fourth-order valence-corrected chi connectivity index (χ4v) is 2.54. The Morgan fingerprint density at radius 3 is 2.65 bits per heavy atom. The number of benzene rings is 1. The van der Waals surface area contributed by atoms with Crippen LogP contribution in [0.2, 0.25) is 0 Å². The van der Waals surface area contributed by atoms with Gasteiger partial charge >= 0.3 is 0 Å². The highest BCUT2D eigenvalue weighted by molar-refractivity contribution is 5.99. The summed E-state index contributed by atoms with van der Waals surface area (Å²) >= 11 is 0. The summed E-state index contributed by atoms with van der Waals surface area (Å²) in [5, 5.41) is 7.11. The Bertz CT molecular complexity index is 870. The van der Waals surface area contributed by atoms with Gasteiger partial charge in [0.05, 0.1) is 12.2 Å². The number of carbonyl (C=O) groups is 1. The summed E-state index contributed by atoms with van der Waals surface area (Å²) < 4.78 is 14.6. The zero-order valence-electron chi connectivity index (χ0n) is 13.2. The summed E-state index contributed by atoms with van der Waals surface area (Å²) in [5.74, 6) is -0.556. The van der Waals surface area contributed by atoms with Crippen molar-refractivity contribution in [3.63, 3.8) is 0 Å². The maximum Gasteiger partial charge on any atom is 0.257 e. The average molecular weight is 312 g/mol. The lowest BCUT2D eigenvalue weighted by atomic mass is 10.1. The highest BCUT2D eigenvalue weighted by atomic mass is 19.1. The summed E-state index contributed by atoms with van der Waals surface area (Å²) in [7, 11) is 0. The molecule has 3 aromatic rings. The largest absolute Gasteiger partial charge is 0.345 e. The number of amides is 1. The summed E-state index contributed by atoms with van der Waals surface area (Å²) in [6.45, 7) is 5.64. The van der Waals surface area contributed by atoms with E-state index in [1.807, 2.05) is 26.8 Å². The molecular weight excluding hydrogens is 295 g/mol. The van der Waals surface area contributed by atoms with Crippen molar-refractivity contribution in [2.24, 2.45) is 0 Å². The minimum absolute atomic E-state index is 0.246. The number of aryl methyl sites for hydroxylation is 2. The number of carbonyl (C=O) groups excluding carboxylic acids is 1. The normalized spacial score (nSPS) is 12.3. The summed E-state index contributed by atoms with van der Waals surface area (Å²) in [5.41, 5.74) is 3.53. The van der Waals surface area contributed by atoms with E-state index in [-0.39, 0.29) is 17.8 Å². The van der Waals surface area contributed by atoms with Gasteiger partial charge < -0.3 is 5.32 Å². The van der Waals surface area contributed by atoms with Gasteiger partial charge in [0.1, 0.15) is 11.4 Å². The van der Waals surface area contributed by atoms with Gasteiger partial charge in [-0.2, -0.15) is 5.10 Å². The van der Waals surface area contributed by atoms with E-state index in [9.17, 15) is 9.18 Å². The van der Waals surface area contributed by atoms with Crippen molar-refractivity contribution in [1.29, 1.82) is 0 Å². The van der Waals surface area contributed by atoms with E-state index in [1.54, 1.807) is 16.6 Å². The van der Waals surface area contributed by atoms with Crippen molar-refractivity contribution in [3.05, 3.63) is 64.9 Å². The monoisotopic (exact) mass is 312 g/mol.